The number of carbonyl (C=O) groups excluding carboxylic acids is 1. The Labute approximate surface area is 206 Å². The van der Waals surface area contributed by atoms with Gasteiger partial charge in [-0.15, -0.1) is 11.3 Å². The van der Waals surface area contributed by atoms with E-state index in [-0.39, 0.29) is 18.1 Å². The lowest BCUT2D eigenvalue weighted by Gasteiger charge is -2.35. The number of aliphatic hydroxyl groups is 1. The number of carbonyl (C=O) groups is 1. The molecule has 0 aromatic carbocycles. The predicted octanol–water partition coefficient (Wildman–Crippen LogP) is 4.13. The van der Waals surface area contributed by atoms with Crippen LogP contribution >= 0.6 is 11.3 Å². The van der Waals surface area contributed by atoms with E-state index >= 15 is 0 Å². The number of likely N-dealkylation sites (N-methyl/N-ethyl adjacent to an activating group) is 1. The van der Waals surface area contributed by atoms with Gasteiger partial charge in [0.2, 0.25) is 11.8 Å². The lowest BCUT2D eigenvalue weighted by atomic mass is 9.91. The van der Waals surface area contributed by atoms with Gasteiger partial charge in [-0.3, -0.25) is 9.69 Å². The first kappa shape index (κ1) is 23.9. The van der Waals surface area contributed by atoms with Gasteiger partial charge in [-0.25, -0.2) is 9.97 Å². The van der Waals surface area contributed by atoms with Crippen molar-refractivity contribution < 1.29 is 14.6 Å². The summed E-state index contributed by atoms with van der Waals surface area (Å²) in [6, 6.07) is 0.433. The third kappa shape index (κ3) is 4.95. The van der Waals surface area contributed by atoms with E-state index in [0.29, 0.717) is 18.5 Å². The number of aromatic nitrogens is 2. The van der Waals surface area contributed by atoms with E-state index in [9.17, 15) is 9.90 Å². The maximum atomic E-state index is 12.5. The van der Waals surface area contributed by atoms with Crippen molar-refractivity contribution in [2.24, 2.45) is 0 Å². The van der Waals surface area contributed by atoms with Crippen LogP contribution in [0.3, 0.4) is 0 Å². The molecule has 2 aliphatic carbocycles. The standard InChI is InChI=1S/C26H38N4O3S/c1-3-19(31)14-17-6-11-21-23(17)24-25(27-16-28-26(24)34-21)33-20-9-7-18(8-10-20)29(2)15-22(32)30-12-4-5-13-30/h16-20,31H,3-15H2,1-2H3/t17-,18-,19-,20-/m1/s1. The van der Waals surface area contributed by atoms with Crippen LogP contribution in [0, 0.1) is 0 Å². The Morgan fingerprint density at radius 3 is 2.74 bits per heavy atom. The molecule has 0 unspecified atom stereocenters. The van der Waals surface area contributed by atoms with Gasteiger partial charge < -0.3 is 14.7 Å². The molecule has 1 aliphatic heterocycles. The molecule has 5 rings (SSSR count). The van der Waals surface area contributed by atoms with Gasteiger partial charge in [0.1, 0.15) is 17.3 Å². The zero-order valence-electron chi connectivity index (χ0n) is 20.5. The van der Waals surface area contributed by atoms with Crippen molar-refractivity contribution in [1.29, 1.82) is 0 Å². The molecule has 1 N–H and O–H groups in total. The lowest BCUT2D eigenvalue weighted by Crippen LogP contribution is -2.44. The summed E-state index contributed by atoms with van der Waals surface area (Å²) in [5, 5.41) is 11.4. The average molecular weight is 487 g/mol. The quantitative estimate of drug-likeness (QED) is 0.605. The third-order valence-electron chi connectivity index (χ3n) is 8.11. The topological polar surface area (TPSA) is 78.8 Å². The molecule has 3 aliphatic rings. The summed E-state index contributed by atoms with van der Waals surface area (Å²) < 4.78 is 6.52. The van der Waals surface area contributed by atoms with Crippen molar-refractivity contribution >= 4 is 27.5 Å². The summed E-state index contributed by atoms with van der Waals surface area (Å²) in [5.74, 6) is 1.36. The van der Waals surface area contributed by atoms with Crippen molar-refractivity contribution in [3.05, 3.63) is 16.8 Å². The summed E-state index contributed by atoms with van der Waals surface area (Å²) in [4.78, 5) is 28.3. The Kier molecular flexibility index (Phi) is 7.37. The fraction of sp³-hybridized carbons (Fsp3) is 0.731. The molecule has 1 saturated heterocycles. The van der Waals surface area contributed by atoms with Crippen LogP contribution in [0.25, 0.3) is 10.2 Å². The summed E-state index contributed by atoms with van der Waals surface area (Å²) in [6.45, 7) is 4.41. The highest BCUT2D eigenvalue weighted by Gasteiger charge is 2.33. The molecule has 0 spiro atoms. The van der Waals surface area contributed by atoms with Gasteiger partial charge in [0.15, 0.2) is 0 Å². The Balaban J connectivity index is 1.22. The molecular weight excluding hydrogens is 448 g/mol. The van der Waals surface area contributed by atoms with Gasteiger partial charge in [0.25, 0.3) is 0 Å². The number of aliphatic hydroxyl groups excluding tert-OH is 1. The van der Waals surface area contributed by atoms with Crippen molar-refractivity contribution in [1.82, 2.24) is 19.8 Å². The van der Waals surface area contributed by atoms with E-state index in [1.165, 1.54) is 10.4 Å². The van der Waals surface area contributed by atoms with Crippen LogP contribution in [-0.2, 0) is 11.2 Å². The van der Waals surface area contributed by atoms with E-state index in [4.69, 9.17) is 4.74 Å². The number of amides is 1. The van der Waals surface area contributed by atoms with Gasteiger partial charge in [0.05, 0.1) is 18.0 Å². The SMILES string of the molecule is CC[C@@H](O)C[C@H]1CCc2sc3ncnc(O[C@H]4CC[C@H](N(C)CC(=O)N5CCCC5)CC4)c3c21. The van der Waals surface area contributed by atoms with E-state index in [1.807, 2.05) is 11.8 Å². The Hall–Kier alpha value is -1.77. The number of nitrogens with zero attached hydrogens (tertiary/aromatic N) is 4. The molecule has 34 heavy (non-hydrogen) atoms. The maximum absolute atomic E-state index is 12.5. The Morgan fingerprint density at radius 1 is 1.24 bits per heavy atom. The number of ether oxygens (including phenoxy) is 1. The van der Waals surface area contributed by atoms with Gasteiger partial charge in [0, 0.05) is 24.0 Å². The average Bonchev–Trinajstić information content (AvgIpc) is 3.58. The molecule has 0 bridgehead atoms. The number of rotatable bonds is 8. The van der Waals surface area contributed by atoms with Crippen LogP contribution in [0.5, 0.6) is 5.88 Å². The summed E-state index contributed by atoms with van der Waals surface area (Å²) in [6.07, 6.45) is 11.6. The molecule has 7 nitrogen and oxygen atoms in total. The molecule has 2 fully saturated rings. The highest BCUT2D eigenvalue weighted by molar-refractivity contribution is 7.19. The summed E-state index contributed by atoms with van der Waals surface area (Å²) >= 11 is 1.77. The van der Waals surface area contributed by atoms with E-state index in [2.05, 4.69) is 21.9 Å². The molecule has 3 heterocycles. The molecule has 1 amide bonds. The fourth-order valence-electron chi connectivity index (χ4n) is 6.03. The van der Waals surface area contributed by atoms with E-state index < -0.39 is 0 Å². The van der Waals surface area contributed by atoms with Crippen LogP contribution in [0.1, 0.15) is 81.1 Å². The molecule has 8 heteroatoms. The Morgan fingerprint density at radius 2 is 2.00 bits per heavy atom. The van der Waals surface area contributed by atoms with Crippen molar-refractivity contribution in [2.75, 3.05) is 26.7 Å². The number of hydrogen-bond acceptors (Lipinski definition) is 7. The maximum Gasteiger partial charge on any atom is 0.236 e. The fourth-order valence-corrected chi connectivity index (χ4v) is 7.26. The number of likely N-dealkylation sites (tertiary alicyclic amines) is 1. The number of fused-ring (bicyclic) bond motifs is 3. The summed E-state index contributed by atoms with van der Waals surface area (Å²) in [5.41, 5.74) is 1.33. The predicted molar refractivity (Wildman–Crippen MR) is 135 cm³/mol. The molecule has 1 saturated carbocycles. The smallest absolute Gasteiger partial charge is 0.236 e. The van der Waals surface area contributed by atoms with Gasteiger partial charge in [-0.1, -0.05) is 6.92 Å². The minimum Gasteiger partial charge on any atom is -0.474 e. The van der Waals surface area contributed by atoms with Crippen molar-refractivity contribution in [3.8, 4) is 5.88 Å². The zero-order valence-corrected chi connectivity index (χ0v) is 21.4. The summed E-state index contributed by atoms with van der Waals surface area (Å²) in [7, 11) is 2.09. The van der Waals surface area contributed by atoms with Gasteiger partial charge in [-0.05, 0) is 82.7 Å². The van der Waals surface area contributed by atoms with Crippen LogP contribution in [-0.4, -0.2) is 75.7 Å². The minimum atomic E-state index is -0.260. The van der Waals surface area contributed by atoms with E-state index in [1.54, 1.807) is 17.7 Å². The van der Waals surface area contributed by atoms with Crippen LogP contribution in [0.4, 0.5) is 0 Å². The van der Waals surface area contributed by atoms with Crippen LogP contribution < -0.4 is 4.74 Å². The van der Waals surface area contributed by atoms with Gasteiger partial charge in [-0.2, -0.15) is 0 Å². The normalized spacial score (nSPS) is 25.8. The molecule has 186 valence electrons. The molecule has 2 aromatic rings. The number of thiophene rings is 1. The lowest BCUT2D eigenvalue weighted by molar-refractivity contribution is -0.131. The van der Waals surface area contributed by atoms with Crippen LogP contribution in [0.2, 0.25) is 0 Å². The van der Waals surface area contributed by atoms with Crippen molar-refractivity contribution in [3.63, 3.8) is 0 Å². The first-order valence-corrected chi connectivity index (χ1v) is 13.9. The molecular formula is C26H38N4O3S. The molecule has 0 radical (unpaired) electrons. The highest BCUT2D eigenvalue weighted by atomic mass is 32.1. The number of hydrogen-bond donors (Lipinski definition) is 1. The third-order valence-corrected chi connectivity index (χ3v) is 9.29. The molecule has 2 aromatic heterocycles. The second-order valence-electron chi connectivity index (χ2n) is 10.4. The second-order valence-corrected chi connectivity index (χ2v) is 11.5. The van der Waals surface area contributed by atoms with E-state index in [0.717, 1.165) is 93.4 Å². The van der Waals surface area contributed by atoms with Crippen LogP contribution in [0.15, 0.2) is 6.33 Å². The first-order valence-electron chi connectivity index (χ1n) is 13.1. The number of aryl methyl sites for hydroxylation is 1. The second kappa shape index (κ2) is 10.5. The Bertz CT molecular complexity index is 997. The first-order chi connectivity index (χ1) is 16.5. The highest BCUT2D eigenvalue weighted by Crippen LogP contribution is 2.48. The van der Waals surface area contributed by atoms with Crippen molar-refractivity contribution in [2.45, 2.75) is 95.3 Å². The minimum absolute atomic E-state index is 0.147. The van der Waals surface area contributed by atoms with Gasteiger partial charge >= 0.3 is 0 Å². The molecule has 2 atom stereocenters. The largest absolute Gasteiger partial charge is 0.474 e. The monoisotopic (exact) mass is 486 g/mol. The zero-order chi connectivity index (χ0) is 23.7.